The van der Waals surface area contributed by atoms with Gasteiger partial charge in [-0.25, -0.2) is 0 Å². The van der Waals surface area contributed by atoms with Gasteiger partial charge in [0.1, 0.15) is 5.75 Å². The second kappa shape index (κ2) is 15.3. The fourth-order valence-corrected chi connectivity index (χ4v) is 6.41. The predicted molar refractivity (Wildman–Crippen MR) is 182 cm³/mol. The first kappa shape index (κ1) is 34.3. The van der Waals surface area contributed by atoms with E-state index in [0.717, 1.165) is 11.1 Å². The number of carbonyl (C=O) groups excluding carboxylic acids is 2. The molecule has 1 fully saturated rings. The highest BCUT2D eigenvalue weighted by atomic mass is 16.4. The van der Waals surface area contributed by atoms with E-state index in [1.165, 1.54) is 12.1 Å². The molecule has 252 valence electrons. The number of aromatic hydroxyl groups is 1. The molecule has 0 aliphatic carbocycles. The molecule has 1 aliphatic heterocycles. The minimum Gasteiger partial charge on any atom is -0.506 e. The quantitative estimate of drug-likeness (QED) is 0.137. The van der Waals surface area contributed by atoms with Crippen molar-refractivity contribution in [3.8, 4) is 5.75 Å². The number of aromatic nitrogens is 1. The molecule has 2 amide bonds. The molecule has 0 radical (unpaired) electrons. The summed E-state index contributed by atoms with van der Waals surface area (Å²) >= 11 is 0. The molecule has 1 aliphatic rings. The number of amides is 2. The van der Waals surface area contributed by atoms with Gasteiger partial charge in [-0.1, -0.05) is 48.5 Å². The number of hydrogen-bond acceptors (Lipinski definition) is 7. The Morgan fingerprint density at radius 2 is 1.69 bits per heavy atom. The lowest BCUT2D eigenvalue weighted by Crippen LogP contribution is -2.49. The molecular formula is C37H42N4O7. The molecule has 0 saturated carbocycles. The van der Waals surface area contributed by atoms with Crippen LogP contribution in [0, 0.1) is 0 Å². The highest BCUT2D eigenvalue weighted by Gasteiger charge is 2.43. The van der Waals surface area contributed by atoms with Crippen molar-refractivity contribution in [3.05, 3.63) is 111 Å². The minimum absolute atomic E-state index is 0.00387. The largest absolute Gasteiger partial charge is 0.506 e. The first-order valence-electron chi connectivity index (χ1n) is 16.2. The van der Waals surface area contributed by atoms with Crippen LogP contribution in [0.4, 0.5) is 0 Å². The Kier molecular flexibility index (Phi) is 10.9. The number of aromatic amines is 1. The summed E-state index contributed by atoms with van der Waals surface area (Å²) in [6.07, 6.45) is 1.39. The van der Waals surface area contributed by atoms with Gasteiger partial charge in [-0.2, -0.15) is 0 Å². The zero-order chi connectivity index (χ0) is 34.3. The van der Waals surface area contributed by atoms with Gasteiger partial charge in [0.15, 0.2) is 0 Å². The third-order valence-corrected chi connectivity index (χ3v) is 9.33. The molecule has 5 rings (SSSR count). The van der Waals surface area contributed by atoms with Gasteiger partial charge in [0.05, 0.1) is 17.0 Å². The maximum atomic E-state index is 13.0. The maximum absolute atomic E-state index is 13.0. The number of phenols is 1. The van der Waals surface area contributed by atoms with E-state index in [-0.39, 0.29) is 35.2 Å². The number of nitrogens with zero attached hydrogens (tertiary/aromatic N) is 2. The molecule has 11 nitrogen and oxygen atoms in total. The lowest BCUT2D eigenvalue weighted by atomic mass is 9.73. The Labute approximate surface area is 278 Å². The highest BCUT2D eigenvalue weighted by molar-refractivity contribution is 5.94. The average Bonchev–Trinajstić information content (AvgIpc) is 3.10. The molecular weight excluding hydrogens is 612 g/mol. The van der Waals surface area contributed by atoms with Crippen LogP contribution in [-0.2, 0) is 21.4 Å². The second-order valence-electron chi connectivity index (χ2n) is 12.4. The number of phenolic OH excluding ortho intramolecular Hbond substituents is 1. The van der Waals surface area contributed by atoms with Crippen molar-refractivity contribution in [1.82, 2.24) is 20.1 Å². The smallest absolute Gasteiger partial charge is 0.314 e. The fourth-order valence-electron chi connectivity index (χ4n) is 6.41. The van der Waals surface area contributed by atoms with E-state index in [9.17, 15) is 34.5 Å². The number of rotatable bonds is 13. The molecule has 1 saturated heterocycles. The summed E-state index contributed by atoms with van der Waals surface area (Å²) in [5, 5.41) is 34.6. The Hall–Kier alpha value is -5.00. The number of aryl methyl sites for hydroxylation is 1. The van der Waals surface area contributed by atoms with Crippen molar-refractivity contribution in [2.75, 3.05) is 39.8 Å². The maximum Gasteiger partial charge on any atom is 0.314 e. The van der Waals surface area contributed by atoms with E-state index in [2.05, 4.69) is 10.3 Å². The van der Waals surface area contributed by atoms with Crippen LogP contribution in [0.25, 0.3) is 10.9 Å². The zero-order valence-corrected chi connectivity index (χ0v) is 27.0. The van der Waals surface area contributed by atoms with Crippen LogP contribution in [0.1, 0.15) is 58.8 Å². The van der Waals surface area contributed by atoms with Crippen LogP contribution < -0.4 is 10.9 Å². The van der Waals surface area contributed by atoms with Gasteiger partial charge in [0.25, 0.3) is 5.91 Å². The summed E-state index contributed by atoms with van der Waals surface area (Å²) in [5.74, 6) is -1.03. The number of aliphatic hydroxyl groups excluding tert-OH is 1. The monoisotopic (exact) mass is 654 g/mol. The lowest BCUT2D eigenvalue weighted by Gasteiger charge is -2.39. The molecule has 1 atom stereocenters. The van der Waals surface area contributed by atoms with Crippen molar-refractivity contribution in [2.45, 2.75) is 43.6 Å². The van der Waals surface area contributed by atoms with Gasteiger partial charge in [0, 0.05) is 56.7 Å². The Balaban J connectivity index is 1.03. The first-order chi connectivity index (χ1) is 23.1. The topological polar surface area (TPSA) is 163 Å². The van der Waals surface area contributed by atoms with Gasteiger partial charge >= 0.3 is 5.97 Å². The van der Waals surface area contributed by atoms with Crippen molar-refractivity contribution in [3.63, 3.8) is 0 Å². The van der Waals surface area contributed by atoms with E-state index in [1.54, 1.807) is 41.1 Å². The molecule has 3 aromatic carbocycles. The standard InChI is InChI=1S/C37H42N4O7/c1-40(21-5-20-38-24-31(43)28-13-15-30(42)34-29(28)14-16-32(44)39-34)35(46)26-11-8-25(9-12-26)10-17-33(45)41-22-18-37(19-23-41,36(47)48)27-6-3-2-4-7-27/h2-4,6-9,11-16,31,38,42-43H,5,10,17-24H2,1H3,(H,39,44)(H,47,48). The number of carboxylic acid groups (broad SMARTS) is 1. The predicted octanol–water partition coefficient (Wildman–Crippen LogP) is 3.60. The van der Waals surface area contributed by atoms with Crippen LogP contribution in [0.3, 0.4) is 0 Å². The highest BCUT2D eigenvalue weighted by Crippen LogP contribution is 2.36. The van der Waals surface area contributed by atoms with Crippen molar-refractivity contribution in [2.24, 2.45) is 0 Å². The fraction of sp³-hybridized carbons (Fsp3) is 0.351. The zero-order valence-electron chi connectivity index (χ0n) is 27.0. The molecule has 0 bridgehead atoms. The number of aliphatic hydroxyl groups is 1. The number of piperidine rings is 1. The van der Waals surface area contributed by atoms with Gasteiger partial charge in [-0.3, -0.25) is 19.2 Å². The number of carbonyl (C=O) groups is 3. The number of H-pyrrole nitrogens is 1. The third-order valence-electron chi connectivity index (χ3n) is 9.33. The van der Waals surface area contributed by atoms with Crippen molar-refractivity contribution < 1.29 is 29.7 Å². The summed E-state index contributed by atoms with van der Waals surface area (Å²) in [5.41, 5.74) is 1.83. The summed E-state index contributed by atoms with van der Waals surface area (Å²) in [7, 11) is 1.74. The van der Waals surface area contributed by atoms with E-state index in [1.807, 2.05) is 42.5 Å². The Bertz CT molecular complexity index is 1800. The number of likely N-dealkylation sites (tertiary alicyclic amines) is 1. The lowest BCUT2D eigenvalue weighted by molar-refractivity contribution is -0.148. The van der Waals surface area contributed by atoms with Crippen molar-refractivity contribution in [1.29, 1.82) is 0 Å². The Morgan fingerprint density at radius 3 is 2.38 bits per heavy atom. The molecule has 5 N–H and O–H groups in total. The first-order valence-corrected chi connectivity index (χ1v) is 16.2. The number of pyridine rings is 1. The molecule has 1 unspecified atom stereocenters. The normalized spacial score (nSPS) is 14.8. The van der Waals surface area contributed by atoms with Crippen LogP contribution in [0.5, 0.6) is 5.75 Å². The molecule has 2 heterocycles. The third kappa shape index (κ3) is 7.75. The number of hydrogen-bond donors (Lipinski definition) is 5. The van der Waals surface area contributed by atoms with Crippen LogP contribution in [0.15, 0.2) is 83.7 Å². The van der Waals surface area contributed by atoms with Gasteiger partial charge < -0.3 is 35.4 Å². The van der Waals surface area contributed by atoms with Gasteiger partial charge in [-0.05, 0) is 73.2 Å². The summed E-state index contributed by atoms with van der Waals surface area (Å²) in [4.78, 5) is 55.8. The summed E-state index contributed by atoms with van der Waals surface area (Å²) < 4.78 is 0. The molecule has 4 aromatic rings. The van der Waals surface area contributed by atoms with E-state index >= 15 is 0 Å². The molecule has 48 heavy (non-hydrogen) atoms. The van der Waals surface area contributed by atoms with Crippen LogP contribution >= 0.6 is 0 Å². The van der Waals surface area contributed by atoms with Crippen LogP contribution in [-0.4, -0.2) is 87.7 Å². The second-order valence-corrected chi connectivity index (χ2v) is 12.4. The molecule has 0 spiro atoms. The molecule has 1 aromatic heterocycles. The summed E-state index contributed by atoms with van der Waals surface area (Å²) in [6.45, 7) is 2.12. The van der Waals surface area contributed by atoms with Gasteiger partial charge in [0.2, 0.25) is 11.5 Å². The number of fused-ring (bicyclic) bond motifs is 1. The van der Waals surface area contributed by atoms with Gasteiger partial charge in [-0.15, -0.1) is 0 Å². The van der Waals surface area contributed by atoms with E-state index in [0.29, 0.717) is 74.8 Å². The number of benzene rings is 3. The average molecular weight is 655 g/mol. The van der Waals surface area contributed by atoms with E-state index in [4.69, 9.17) is 0 Å². The van der Waals surface area contributed by atoms with Crippen LogP contribution in [0.2, 0.25) is 0 Å². The van der Waals surface area contributed by atoms with E-state index < -0.39 is 17.5 Å². The minimum atomic E-state index is -0.971. The number of aliphatic carboxylic acids is 1. The number of nitrogens with one attached hydrogen (secondary N) is 2. The number of carboxylic acids is 1. The SMILES string of the molecule is CN(CCCNCC(O)c1ccc(O)c2[nH]c(=O)ccc12)C(=O)c1ccc(CCC(=O)N2CCC(C(=O)O)(c3ccccc3)CC2)cc1. The Morgan fingerprint density at radius 1 is 0.979 bits per heavy atom. The molecule has 11 heteroatoms. The van der Waals surface area contributed by atoms with Crippen molar-refractivity contribution >= 4 is 28.7 Å². The summed E-state index contributed by atoms with van der Waals surface area (Å²) in [6, 6.07) is 22.5.